The zero-order valence-corrected chi connectivity index (χ0v) is 13.6. The van der Waals surface area contributed by atoms with Gasteiger partial charge in [-0.3, -0.25) is 0 Å². The van der Waals surface area contributed by atoms with Crippen LogP contribution in [0.5, 0.6) is 0 Å². The van der Waals surface area contributed by atoms with Gasteiger partial charge in [0, 0.05) is 30.4 Å². The SMILES string of the molecule is CN(C)S(=O)(=O)c1ccc(N)c(SCc2ccccc2)c1. The van der Waals surface area contributed by atoms with E-state index in [4.69, 9.17) is 5.73 Å². The summed E-state index contributed by atoms with van der Waals surface area (Å²) in [5.74, 6) is 0.747. The number of anilines is 1. The molecule has 4 nitrogen and oxygen atoms in total. The van der Waals surface area contributed by atoms with Crippen molar-refractivity contribution in [3.63, 3.8) is 0 Å². The lowest BCUT2D eigenvalue weighted by molar-refractivity contribution is 0.520. The van der Waals surface area contributed by atoms with E-state index in [-0.39, 0.29) is 4.90 Å². The third-order valence-electron chi connectivity index (χ3n) is 3.00. The molecule has 2 aromatic carbocycles. The fourth-order valence-corrected chi connectivity index (χ4v) is 3.71. The summed E-state index contributed by atoms with van der Waals surface area (Å²) >= 11 is 1.53. The fourth-order valence-electron chi connectivity index (χ4n) is 1.75. The van der Waals surface area contributed by atoms with Crippen LogP contribution in [0.1, 0.15) is 5.56 Å². The van der Waals surface area contributed by atoms with Crippen molar-refractivity contribution in [3.8, 4) is 0 Å². The summed E-state index contributed by atoms with van der Waals surface area (Å²) in [6, 6.07) is 14.8. The van der Waals surface area contributed by atoms with Gasteiger partial charge in [0.15, 0.2) is 0 Å². The second kappa shape index (κ2) is 6.51. The summed E-state index contributed by atoms with van der Waals surface area (Å²) in [6.45, 7) is 0. The van der Waals surface area contributed by atoms with Gasteiger partial charge in [-0.15, -0.1) is 11.8 Å². The predicted molar refractivity (Wildman–Crippen MR) is 87.7 cm³/mol. The zero-order valence-electron chi connectivity index (χ0n) is 12.0. The molecule has 0 bridgehead atoms. The number of benzene rings is 2. The molecule has 0 saturated heterocycles. The van der Waals surface area contributed by atoms with Gasteiger partial charge in [-0.25, -0.2) is 12.7 Å². The highest BCUT2D eigenvalue weighted by Crippen LogP contribution is 2.30. The predicted octanol–water partition coefficient (Wildman–Crippen LogP) is 2.81. The maximum absolute atomic E-state index is 12.1. The van der Waals surface area contributed by atoms with E-state index in [0.717, 1.165) is 10.6 Å². The summed E-state index contributed by atoms with van der Waals surface area (Å²) in [6.07, 6.45) is 0. The minimum atomic E-state index is -3.43. The first kappa shape index (κ1) is 15.9. The highest BCUT2D eigenvalue weighted by Gasteiger charge is 2.18. The van der Waals surface area contributed by atoms with Crippen molar-refractivity contribution in [2.75, 3.05) is 19.8 Å². The molecule has 2 aromatic rings. The molecular formula is C15H18N2O2S2. The summed E-state index contributed by atoms with van der Waals surface area (Å²) in [4.78, 5) is 1.04. The van der Waals surface area contributed by atoms with E-state index in [2.05, 4.69) is 0 Å². The zero-order chi connectivity index (χ0) is 15.5. The summed E-state index contributed by atoms with van der Waals surface area (Å²) < 4.78 is 25.5. The molecule has 0 fully saturated rings. The second-order valence-electron chi connectivity index (χ2n) is 4.76. The molecule has 6 heteroatoms. The van der Waals surface area contributed by atoms with Crippen LogP contribution in [-0.4, -0.2) is 26.8 Å². The van der Waals surface area contributed by atoms with Crippen molar-refractivity contribution in [2.45, 2.75) is 15.5 Å². The Hall–Kier alpha value is -1.50. The summed E-state index contributed by atoms with van der Waals surface area (Å²) in [5.41, 5.74) is 7.70. The van der Waals surface area contributed by atoms with Gasteiger partial charge in [-0.1, -0.05) is 30.3 Å². The van der Waals surface area contributed by atoms with Gasteiger partial charge in [0.1, 0.15) is 0 Å². The second-order valence-corrected chi connectivity index (χ2v) is 7.93. The maximum atomic E-state index is 12.1. The molecule has 112 valence electrons. The van der Waals surface area contributed by atoms with Crippen molar-refractivity contribution < 1.29 is 8.42 Å². The van der Waals surface area contributed by atoms with Crippen LogP contribution < -0.4 is 5.73 Å². The highest BCUT2D eigenvalue weighted by atomic mass is 32.2. The van der Waals surface area contributed by atoms with Crippen molar-refractivity contribution in [2.24, 2.45) is 0 Å². The van der Waals surface area contributed by atoms with Crippen molar-refractivity contribution in [1.82, 2.24) is 4.31 Å². The monoisotopic (exact) mass is 322 g/mol. The smallest absolute Gasteiger partial charge is 0.242 e. The number of hydrogen-bond donors (Lipinski definition) is 1. The molecule has 0 atom stereocenters. The van der Waals surface area contributed by atoms with Crippen LogP contribution in [0, 0.1) is 0 Å². The largest absolute Gasteiger partial charge is 0.398 e. The van der Waals surface area contributed by atoms with Crippen LogP contribution in [0.2, 0.25) is 0 Å². The van der Waals surface area contributed by atoms with Crippen molar-refractivity contribution in [3.05, 3.63) is 54.1 Å². The van der Waals surface area contributed by atoms with Gasteiger partial charge >= 0.3 is 0 Å². The molecular weight excluding hydrogens is 304 g/mol. The number of nitrogen functional groups attached to an aromatic ring is 1. The molecule has 2 N–H and O–H groups in total. The normalized spacial score (nSPS) is 11.8. The van der Waals surface area contributed by atoms with Crippen molar-refractivity contribution in [1.29, 1.82) is 0 Å². The first-order valence-corrected chi connectivity index (χ1v) is 8.82. The maximum Gasteiger partial charge on any atom is 0.242 e. The molecule has 0 aliphatic heterocycles. The number of thioether (sulfide) groups is 1. The van der Waals surface area contributed by atoms with Crippen LogP contribution in [-0.2, 0) is 15.8 Å². The molecule has 0 spiro atoms. The average molecular weight is 322 g/mol. The third kappa shape index (κ3) is 3.78. The number of nitrogens with zero attached hydrogens (tertiary/aromatic N) is 1. The van der Waals surface area contributed by atoms with Gasteiger partial charge in [0.2, 0.25) is 10.0 Å². The molecule has 0 amide bonds. The molecule has 21 heavy (non-hydrogen) atoms. The van der Waals surface area contributed by atoms with Gasteiger partial charge in [0.05, 0.1) is 4.90 Å². The standard InChI is InChI=1S/C15H18N2O2S2/c1-17(2)21(18,19)13-8-9-14(16)15(10-13)20-11-12-6-4-3-5-7-12/h3-10H,11,16H2,1-2H3. The Morgan fingerprint density at radius 1 is 1.10 bits per heavy atom. The number of sulfonamides is 1. The lowest BCUT2D eigenvalue weighted by Crippen LogP contribution is -2.22. The van der Waals surface area contributed by atoms with Crippen LogP contribution in [0.4, 0.5) is 5.69 Å². The molecule has 0 radical (unpaired) electrons. The molecule has 2 rings (SSSR count). The number of nitrogens with two attached hydrogens (primary N) is 1. The minimum Gasteiger partial charge on any atom is -0.398 e. The highest BCUT2D eigenvalue weighted by molar-refractivity contribution is 7.98. The minimum absolute atomic E-state index is 0.261. The van der Waals surface area contributed by atoms with Crippen molar-refractivity contribution >= 4 is 27.5 Å². The number of hydrogen-bond acceptors (Lipinski definition) is 4. The molecule has 0 unspecified atom stereocenters. The Labute approximate surface area is 130 Å². The van der Waals surface area contributed by atoms with E-state index < -0.39 is 10.0 Å². The van der Waals surface area contributed by atoms with E-state index >= 15 is 0 Å². The van der Waals surface area contributed by atoms with Crippen LogP contribution in [0.25, 0.3) is 0 Å². The summed E-state index contributed by atoms with van der Waals surface area (Å²) in [7, 11) is -0.402. The lowest BCUT2D eigenvalue weighted by atomic mass is 10.2. The van der Waals surface area contributed by atoms with E-state index in [0.29, 0.717) is 5.69 Å². The topological polar surface area (TPSA) is 63.4 Å². The van der Waals surface area contributed by atoms with E-state index in [1.807, 2.05) is 30.3 Å². The molecule has 0 heterocycles. The van der Waals surface area contributed by atoms with Crippen LogP contribution >= 0.6 is 11.8 Å². The Balaban J connectivity index is 2.24. The Bertz CT molecular complexity index is 714. The number of rotatable bonds is 5. The molecule has 0 aromatic heterocycles. The van der Waals surface area contributed by atoms with E-state index in [1.165, 1.54) is 41.8 Å². The molecule has 0 saturated carbocycles. The average Bonchev–Trinajstić information content (AvgIpc) is 2.47. The van der Waals surface area contributed by atoms with E-state index in [9.17, 15) is 8.42 Å². The summed E-state index contributed by atoms with van der Waals surface area (Å²) in [5, 5.41) is 0. The Morgan fingerprint density at radius 3 is 2.38 bits per heavy atom. The first-order chi connectivity index (χ1) is 9.91. The lowest BCUT2D eigenvalue weighted by Gasteiger charge is -2.13. The first-order valence-electron chi connectivity index (χ1n) is 6.40. The molecule has 0 aliphatic carbocycles. The third-order valence-corrected chi connectivity index (χ3v) is 5.95. The fraction of sp³-hybridized carbons (Fsp3) is 0.200. The van der Waals surface area contributed by atoms with Crippen LogP contribution in [0.15, 0.2) is 58.3 Å². The Morgan fingerprint density at radius 2 is 1.76 bits per heavy atom. The van der Waals surface area contributed by atoms with Gasteiger partial charge in [-0.05, 0) is 23.8 Å². The Kier molecular flexibility index (Phi) is 4.92. The van der Waals surface area contributed by atoms with Gasteiger partial charge in [-0.2, -0.15) is 0 Å². The van der Waals surface area contributed by atoms with Gasteiger partial charge < -0.3 is 5.73 Å². The van der Waals surface area contributed by atoms with Gasteiger partial charge in [0.25, 0.3) is 0 Å². The molecule has 0 aliphatic rings. The van der Waals surface area contributed by atoms with E-state index in [1.54, 1.807) is 12.1 Å². The quantitative estimate of drug-likeness (QED) is 0.679. The van der Waals surface area contributed by atoms with Crippen LogP contribution in [0.3, 0.4) is 0 Å².